The van der Waals surface area contributed by atoms with Crippen molar-refractivity contribution in [3.63, 3.8) is 0 Å². The van der Waals surface area contributed by atoms with Crippen molar-refractivity contribution in [1.82, 2.24) is 4.90 Å². The molecule has 2 aromatic rings. The van der Waals surface area contributed by atoms with Crippen molar-refractivity contribution >= 4 is 11.7 Å². The summed E-state index contributed by atoms with van der Waals surface area (Å²) in [5.41, 5.74) is 4.79. The lowest BCUT2D eigenvalue weighted by molar-refractivity contribution is -0.139. The van der Waals surface area contributed by atoms with Crippen LogP contribution < -0.4 is 0 Å². The summed E-state index contributed by atoms with van der Waals surface area (Å²) < 4.78 is 18.9. The smallest absolute Gasteiger partial charge is 0.222 e. The molecular formula is C24H28FNO3. The van der Waals surface area contributed by atoms with Crippen LogP contribution in [0.25, 0.3) is 0 Å². The van der Waals surface area contributed by atoms with Crippen molar-refractivity contribution in [3.8, 4) is 0 Å². The molecule has 5 heteroatoms. The number of carbonyl (C=O) groups is 2. The summed E-state index contributed by atoms with van der Waals surface area (Å²) in [6.45, 7) is 7.39. The van der Waals surface area contributed by atoms with Crippen LogP contribution in [-0.4, -0.2) is 36.3 Å². The number of benzene rings is 2. The summed E-state index contributed by atoms with van der Waals surface area (Å²) in [4.78, 5) is 27.1. The van der Waals surface area contributed by atoms with Gasteiger partial charge in [-0.1, -0.05) is 29.8 Å². The molecule has 2 aromatic carbocycles. The second kappa shape index (κ2) is 9.31. The molecule has 1 aliphatic rings. The van der Waals surface area contributed by atoms with Gasteiger partial charge in [-0.2, -0.15) is 0 Å². The lowest BCUT2D eigenvalue weighted by Gasteiger charge is -2.33. The number of hydrogen-bond donors (Lipinski definition) is 0. The van der Waals surface area contributed by atoms with E-state index in [1.807, 2.05) is 32.9 Å². The number of morpholine rings is 1. The molecule has 1 unspecified atom stereocenters. The molecule has 154 valence electrons. The number of rotatable bonds is 6. The van der Waals surface area contributed by atoms with Crippen LogP contribution in [0.3, 0.4) is 0 Å². The van der Waals surface area contributed by atoms with E-state index >= 15 is 0 Å². The van der Waals surface area contributed by atoms with Gasteiger partial charge >= 0.3 is 0 Å². The molecule has 0 radical (unpaired) electrons. The van der Waals surface area contributed by atoms with E-state index in [4.69, 9.17) is 4.74 Å². The highest BCUT2D eigenvalue weighted by Crippen LogP contribution is 2.24. The van der Waals surface area contributed by atoms with Crippen LogP contribution in [0.1, 0.15) is 58.0 Å². The normalized spacial score (nSPS) is 16.7. The third-order valence-corrected chi connectivity index (χ3v) is 5.41. The minimum Gasteiger partial charge on any atom is -0.370 e. The first-order valence-electron chi connectivity index (χ1n) is 10.1. The van der Waals surface area contributed by atoms with Gasteiger partial charge in [-0.05, 0) is 56.0 Å². The molecule has 1 aliphatic heterocycles. The molecule has 4 nitrogen and oxygen atoms in total. The highest BCUT2D eigenvalue weighted by atomic mass is 19.1. The van der Waals surface area contributed by atoms with Crippen molar-refractivity contribution in [2.24, 2.45) is 0 Å². The lowest BCUT2D eigenvalue weighted by atomic mass is 9.94. The second-order valence-electron chi connectivity index (χ2n) is 7.80. The Kier molecular flexibility index (Phi) is 6.80. The molecule has 1 amide bonds. The first-order chi connectivity index (χ1) is 13.8. The molecular weight excluding hydrogens is 369 g/mol. The lowest BCUT2D eigenvalue weighted by Crippen LogP contribution is -2.42. The third kappa shape index (κ3) is 5.30. The quantitative estimate of drug-likeness (QED) is 0.664. The molecule has 1 atom stereocenters. The Bertz CT molecular complexity index is 868. The Morgan fingerprint density at radius 2 is 1.72 bits per heavy atom. The van der Waals surface area contributed by atoms with Crippen LogP contribution >= 0.6 is 0 Å². The fourth-order valence-electron chi connectivity index (χ4n) is 4.06. The van der Waals surface area contributed by atoms with E-state index in [0.29, 0.717) is 39.0 Å². The molecule has 1 fully saturated rings. The van der Waals surface area contributed by atoms with E-state index in [-0.39, 0.29) is 23.6 Å². The van der Waals surface area contributed by atoms with E-state index in [1.165, 1.54) is 12.1 Å². The molecule has 0 aromatic heterocycles. The molecule has 1 saturated heterocycles. The minimum atomic E-state index is -0.291. The molecule has 0 aliphatic carbocycles. The van der Waals surface area contributed by atoms with Crippen molar-refractivity contribution < 1.29 is 18.7 Å². The van der Waals surface area contributed by atoms with Gasteiger partial charge in [0.2, 0.25) is 5.91 Å². The Morgan fingerprint density at radius 3 is 2.38 bits per heavy atom. The van der Waals surface area contributed by atoms with E-state index < -0.39 is 0 Å². The highest BCUT2D eigenvalue weighted by Gasteiger charge is 2.25. The molecule has 1 heterocycles. The Hall–Kier alpha value is -2.53. The number of amides is 1. The Balaban J connectivity index is 1.53. The monoisotopic (exact) mass is 397 g/mol. The first kappa shape index (κ1) is 21.2. The predicted octanol–water partition coefficient (Wildman–Crippen LogP) is 4.70. The van der Waals surface area contributed by atoms with E-state index in [0.717, 1.165) is 27.8 Å². The zero-order valence-corrected chi connectivity index (χ0v) is 17.3. The summed E-state index contributed by atoms with van der Waals surface area (Å²) in [5, 5.41) is 0. The number of carbonyl (C=O) groups excluding carboxylic acids is 2. The van der Waals surface area contributed by atoms with E-state index in [2.05, 4.69) is 0 Å². The third-order valence-electron chi connectivity index (χ3n) is 5.41. The SMILES string of the molecule is Cc1cc(C)c(C(=O)CCCC(=O)N2CCOC(c3ccc(F)cc3)C2)c(C)c1. The van der Waals surface area contributed by atoms with Gasteiger partial charge in [-0.3, -0.25) is 9.59 Å². The van der Waals surface area contributed by atoms with Gasteiger partial charge in [0.25, 0.3) is 0 Å². The van der Waals surface area contributed by atoms with Crippen LogP contribution in [0.2, 0.25) is 0 Å². The number of aryl methyl sites for hydroxylation is 3. The van der Waals surface area contributed by atoms with E-state index in [1.54, 1.807) is 17.0 Å². The van der Waals surface area contributed by atoms with Crippen molar-refractivity contribution in [2.75, 3.05) is 19.7 Å². The Labute approximate surface area is 171 Å². The van der Waals surface area contributed by atoms with E-state index in [9.17, 15) is 14.0 Å². The van der Waals surface area contributed by atoms with Gasteiger partial charge in [0.1, 0.15) is 11.9 Å². The zero-order chi connectivity index (χ0) is 21.0. The van der Waals surface area contributed by atoms with Gasteiger partial charge in [0, 0.05) is 24.9 Å². The van der Waals surface area contributed by atoms with Crippen LogP contribution in [0.5, 0.6) is 0 Å². The van der Waals surface area contributed by atoms with Crippen molar-refractivity contribution in [1.29, 1.82) is 0 Å². The summed E-state index contributed by atoms with van der Waals surface area (Å²) in [5.74, 6) is -0.161. The second-order valence-corrected chi connectivity index (χ2v) is 7.80. The molecule has 29 heavy (non-hydrogen) atoms. The molecule has 3 rings (SSSR count). The predicted molar refractivity (Wildman–Crippen MR) is 111 cm³/mol. The minimum absolute atomic E-state index is 0.0329. The average Bonchev–Trinajstić information content (AvgIpc) is 2.68. The number of halogens is 1. The maximum Gasteiger partial charge on any atom is 0.222 e. The number of hydrogen-bond acceptors (Lipinski definition) is 3. The number of ether oxygens (including phenoxy) is 1. The van der Waals surface area contributed by atoms with Crippen LogP contribution in [-0.2, 0) is 9.53 Å². The highest BCUT2D eigenvalue weighted by molar-refractivity contribution is 5.99. The zero-order valence-electron chi connectivity index (χ0n) is 17.3. The molecule has 0 saturated carbocycles. The largest absolute Gasteiger partial charge is 0.370 e. The van der Waals surface area contributed by atoms with Crippen LogP contribution in [0.4, 0.5) is 4.39 Å². The maximum absolute atomic E-state index is 13.1. The topological polar surface area (TPSA) is 46.6 Å². The summed E-state index contributed by atoms with van der Waals surface area (Å²) >= 11 is 0. The first-order valence-corrected chi connectivity index (χ1v) is 10.1. The van der Waals surface area contributed by atoms with Crippen molar-refractivity contribution in [3.05, 3.63) is 70.0 Å². The number of Topliss-reactive ketones (excluding diaryl/α,β-unsaturated/α-hetero) is 1. The van der Waals surface area contributed by atoms with Crippen molar-refractivity contribution in [2.45, 2.75) is 46.1 Å². The molecule has 0 N–H and O–H groups in total. The standard InChI is InChI=1S/C24H28FNO3/c1-16-13-17(2)24(18(3)14-16)21(27)5-4-6-23(28)26-11-12-29-22(15-26)19-7-9-20(25)10-8-19/h7-10,13-14,22H,4-6,11-12,15H2,1-3H3. The maximum atomic E-state index is 13.1. The fourth-order valence-corrected chi connectivity index (χ4v) is 4.06. The van der Waals surface area contributed by atoms with Crippen LogP contribution in [0.15, 0.2) is 36.4 Å². The summed E-state index contributed by atoms with van der Waals surface area (Å²) in [6, 6.07) is 10.2. The van der Waals surface area contributed by atoms with Gasteiger partial charge < -0.3 is 9.64 Å². The van der Waals surface area contributed by atoms with Gasteiger partial charge in [0.05, 0.1) is 13.2 Å². The molecule has 0 spiro atoms. The van der Waals surface area contributed by atoms with Gasteiger partial charge in [0.15, 0.2) is 5.78 Å². The average molecular weight is 397 g/mol. The fraction of sp³-hybridized carbons (Fsp3) is 0.417. The Morgan fingerprint density at radius 1 is 1.07 bits per heavy atom. The number of nitrogens with zero attached hydrogens (tertiary/aromatic N) is 1. The molecule has 0 bridgehead atoms. The van der Waals surface area contributed by atoms with Crippen LogP contribution in [0, 0.1) is 26.6 Å². The summed E-state index contributed by atoms with van der Waals surface area (Å²) in [7, 11) is 0. The summed E-state index contributed by atoms with van der Waals surface area (Å²) in [6.07, 6.45) is 0.990. The van der Waals surface area contributed by atoms with Gasteiger partial charge in [-0.25, -0.2) is 4.39 Å². The number of ketones is 1. The van der Waals surface area contributed by atoms with Gasteiger partial charge in [-0.15, -0.1) is 0 Å².